The molecule has 1 N–H and O–H groups in total. The number of nitrogens with zero attached hydrogens (tertiary/aromatic N) is 2. The molecule has 1 heterocycles. The lowest BCUT2D eigenvalue weighted by molar-refractivity contribution is 0.147. The predicted octanol–water partition coefficient (Wildman–Crippen LogP) is 2.32. The molecule has 1 saturated heterocycles. The number of alkyl halides is 1. The molecule has 0 aliphatic carbocycles. The Bertz CT molecular complexity index is 417. The van der Waals surface area contributed by atoms with E-state index >= 15 is 0 Å². The molecule has 0 amide bonds. The maximum absolute atomic E-state index is 13.2. The second kappa shape index (κ2) is 9.11. The van der Waals surface area contributed by atoms with E-state index in [2.05, 4.69) is 16.3 Å². The van der Waals surface area contributed by atoms with Gasteiger partial charge < -0.3 is 5.32 Å². The standard InChI is InChI=1S/C13H16FN3.2ClH/c14-9-13(17-6-4-16-5-7-17)12-3-1-2-11(8-12)10-15;;/h1-3,8,13,16H,4-7,9H2;2*1H/t13-;;/m0../s1. The first-order valence-corrected chi connectivity index (χ1v) is 5.86. The van der Waals surface area contributed by atoms with Crippen molar-refractivity contribution in [3.05, 3.63) is 35.4 Å². The topological polar surface area (TPSA) is 39.1 Å². The Balaban J connectivity index is 0.00000162. The Morgan fingerprint density at radius 2 is 2.00 bits per heavy atom. The molecule has 0 saturated carbocycles. The highest BCUT2D eigenvalue weighted by atomic mass is 35.5. The normalized spacial score (nSPS) is 16.6. The van der Waals surface area contributed by atoms with E-state index in [9.17, 15) is 4.39 Å². The molecule has 0 unspecified atom stereocenters. The summed E-state index contributed by atoms with van der Waals surface area (Å²) in [6.07, 6.45) is 0. The van der Waals surface area contributed by atoms with Gasteiger partial charge in [0.15, 0.2) is 0 Å². The number of nitrogens with one attached hydrogen (secondary N) is 1. The molecule has 0 aromatic heterocycles. The maximum atomic E-state index is 13.2. The molecular formula is C13H18Cl2FN3. The van der Waals surface area contributed by atoms with E-state index in [1.165, 1.54) is 0 Å². The Labute approximate surface area is 125 Å². The van der Waals surface area contributed by atoms with Crippen molar-refractivity contribution >= 4 is 24.8 Å². The maximum Gasteiger partial charge on any atom is 0.109 e. The second-order valence-corrected chi connectivity index (χ2v) is 4.19. The van der Waals surface area contributed by atoms with Crippen LogP contribution in [0.4, 0.5) is 4.39 Å². The molecule has 19 heavy (non-hydrogen) atoms. The summed E-state index contributed by atoms with van der Waals surface area (Å²) < 4.78 is 13.2. The Hall–Kier alpha value is -0.860. The molecule has 0 radical (unpaired) electrons. The van der Waals surface area contributed by atoms with Crippen LogP contribution in [0.1, 0.15) is 17.2 Å². The first-order valence-electron chi connectivity index (χ1n) is 5.86. The smallest absolute Gasteiger partial charge is 0.109 e. The van der Waals surface area contributed by atoms with Crippen LogP contribution in [0.2, 0.25) is 0 Å². The van der Waals surface area contributed by atoms with E-state index < -0.39 is 6.67 Å². The van der Waals surface area contributed by atoms with Gasteiger partial charge in [-0.25, -0.2) is 4.39 Å². The summed E-state index contributed by atoms with van der Waals surface area (Å²) in [4.78, 5) is 2.13. The average Bonchev–Trinajstić information content (AvgIpc) is 2.41. The lowest BCUT2D eigenvalue weighted by Crippen LogP contribution is -2.45. The Morgan fingerprint density at radius 3 is 2.58 bits per heavy atom. The highest BCUT2D eigenvalue weighted by Gasteiger charge is 2.22. The minimum absolute atomic E-state index is 0. The largest absolute Gasteiger partial charge is 0.314 e. The van der Waals surface area contributed by atoms with Crippen molar-refractivity contribution in [2.45, 2.75) is 6.04 Å². The van der Waals surface area contributed by atoms with E-state index in [-0.39, 0.29) is 30.9 Å². The van der Waals surface area contributed by atoms with E-state index in [4.69, 9.17) is 5.26 Å². The fourth-order valence-corrected chi connectivity index (χ4v) is 2.21. The molecule has 6 heteroatoms. The zero-order valence-electron chi connectivity index (χ0n) is 10.5. The summed E-state index contributed by atoms with van der Waals surface area (Å²) in [6, 6.07) is 9.12. The summed E-state index contributed by atoms with van der Waals surface area (Å²) in [5, 5.41) is 12.1. The molecule has 106 valence electrons. The van der Waals surface area contributed by atoms with Gasteiger partial charge in [-0.3, -0.25) is 4.90 Å². The molecule has 2 rings (SSSR count). The van der Waals surface area contributed by atoms with Crippen molar-refractivity contribution in [2.24, 2.45) is 0 Å². The van der Waals surface area contributed by atoms with E-state index in [0.717, 1.165) is 31.7 Å². The summed E-state index contributed by atoms with van der Waals surface area (Å²) >= 11 is 0. The van der Waals surface area contributed by atoms with E-state index in [0.29, 0.717) is 5.56 Å². The van der Waals surface area contributed by atoms with Crippen LogP contribution in [0.15, 0.2) is 24.3 Å². The van der Waals surface area contributed by atoms with Gasteiger partial charge in [-0.1, -0.05) is 12.1 Å². The summed E-state index contributed by atoms with van der Waals surface area (Å²) in [7, 11) is 0. The second-order valence-electron chi connectivity index (χ2n) is 4.19. The van der Waals surface area contributed by atoms with E-state index in [1.807, 2.05) is 12.1 Å². The monoisotopic (exact) mass is 305 g/mol. The van der Waals surface area contributed by atoms with Gasteiger partial charge in [-0.15, -0.1) is 24.8 Å². The molecular weight excluding hydrogens is 288 g/mol. The minimum atomic E-state index is -0.408. The lowest BCUT2D eigenvalue weighted by Gasteiger charge is -2.33. The van der Waals surface area contributed by atoms with Crippen LogP contribution >= 0.6 is 24.8 Å². The molecule has 1 fully saturated rings. The number of piperazine rings is 1. The van der Waals surface area contributed by atoms with Crippen molar-refractivity contribution in [1.82, 2.24) is 10.2 Å². The molecule has 1 aromatic rings. The van der Waals surface area contributed by atoms with Gasteiger partial charge in [0.1, 0.15) is 6.67 Å². The molecule has 0 bridgehead atoms. The number of halogens is 3. The number of nitriles is 1. The first kappa shape index (κ1) is 18.1. The number of hydrogen-bond acceptors (Lipinski definition) is 3. The van der Waals surface area contributed by atoms with Crippen molar-refractivity contribution in [3.8, 4) is 6.07 Å². The fourth-order valence-electron chi connectivity index (χ4n) is 2.21. The third-order valence-corrected chi connectivity index (χ3v) is 3.14. The third-order valence-electron chi connectivity index (χ3n) is 3.14. The van der Waals surface area contributed by atoms with Gasteiger partial charge >= 0.3 is 0 Å². The van der Waals surface area contributed by atoms with Crippen LogP contribution < -0.4 is 5.32 Å². The predicted molar refractivity (Wildman–Crippen MR) is 78.8 cm³/mol. The SMILES string of the molecule is Cl.Cl.N#Cc1cccc([C@H](CF)N2CCNCC2)c1. The first-order chi connectivity index (χ1) is 8.35. The molecule has 1 aliphatic rings. The minimum Gasteiger partial charge on any atom is -0.314 e. The highest BCUT2D eigenvalue weighted by molar-refractivity contribution is 5.85. The molecule has 0 spiro atoms. The van der Waals surface area contributed by atoms with Crippen LogP contribution in [-0.4, -0.2) is 37.8 Å². The average molecular weight is 306 g/mol. The third kappa shape index (κ3) is 4.63. The lowest BCUT2D eigenvalue weighted by atomic mass is 10.0. The van der Waals surface area contributed by atoms with Crippen LogP contribution in [0.5, 0.6) is 0 Å². The Morgan fingerprint density at radius 1 is 1.32 bits per heavy atom. The summed E-state index contributed by atoms with van der Waals surface area (Å²) in [5.74, 6) is 0. The number of benzene rings is 1. The van der Waals surface area contributed by atoms with Gasteiger partial charge in [0.2, 0.25) is 0 Å². The summed E-state index contributed by atoms with van der Waals surface area (Å²) in [5.41, 5.74) is 1.49. The van der Waals surface area contributed by atoms with Crippen molar-refractivity contribution in [2.75, 3.05) is 32.9 Å². The van der Waals surface area contributed by atoms with Gasteiger partial charge in [0.25, 0.3) is 0 Å². The highest BCUT2D eigenvalue weighted by Crippen LogP contribution is 2.22. The van der Waals surface area contributed by atoms with E-state index in [1.54, 1.807) is 12.1 Å². The van der Waals surface area contributed by atoms with Crippen LogP contribution in [0.3, 0.4) is 0 Å². The zero-order valence-corrected chi connectivity index (χ0v) is 12.1. The number of rotatable bonds is 3. The van der Waals surface area contributed by atoms with Crippen molar-refractivity contribution < 1.29 is 4.39 Å². The van der Waals surface area contributed by atoms with Crippen LogP contribution in [-0.2, 0) is 0 Å². The van der Waals surface area contributed by atoms with Crippen molar-refractivity contribution in [1.29, 1.82) is 5.26 Å². The Kier molecular flexibility index (Phi) is 8.70. The van der Waals surface area contributed by atoms with Gasteiger partial charge in [0.05, 0.1) is 17.7 Å². The molecule has 1 atom stereocenters. The molecule has 1 aromatic carbocycles. The van der Waals surface area contributed by atoms with Crippen LogP contribution in [0.25, 0.3) is 0 Å². The van der Waals surface area contributed by atoms with Gasteiger partial charge in [-0.05, 0) is 17.7 Å². The zero-order chi connectivity index (χ0) is 12.1. The molecule has 1 aliphatic heterocycles. The van der Waals surface area contributed by atoms with Crippen molar-refractivity contribution in [3.63, 3.8) is 0 Å². The van der Waals surface area contributed by atoms with Gasteiger partial charge in [-0.2, -0.15) is 5.26 Å². The molecule has 3 nitrogen and oxygen atoms in total. The fraction of sp³-hybridized carbons (Fsp3) is 0.462. The summed E-state index contributed by atoms with van der Waals surface area (Å²) in [6.45, 7) is 3.09. The quantitative estimate of drug-likeness (QED) is 0.931. The van der Waals surface area contributed by atoms with Gasteiger partial charge in [0, 0.05) is 26.2 Å². The number of hydrogen-bond donors (Lipinski definition) is 1. The van der Waals surface area contributed by atoms with Crippen LogP contribution in [0, 0.1) is 11.3 Å².